The highest BCUT2D eigenvalue weighted by molar-refractivity contribution is 6.42. The van der Waals surface area contributed by atoms with Crippen molar-refractivity contribution < 1.29 is 19.1 Å². The lowest BCUT2D eigenvalue weighted by Gasteiger charge is -2.31. The van der Waals surface area contributed by atoms with Gasteiger partial charge in [0.25, 0.3) is 0 Å². The Labute approximate surface area is 216 Å². The van der Waals surface area contributed by atoms with Crippen LogP contribution in [0.1, 0.15) is 56.6 Å². The van der Waals surface area contributed by atoms with Gasteiger partial charge in [-0.2, -0.15) is 0 Å². The molecule has 0 spiro atoms. The third-order valence-electron chi connectivity index (χ3n) is 6.69. The fraction of sp³-hybridized carbons (Fsp3) is 0.481. The summed E-state index contributed by atoms with van der Waals surface area (Å²) in [5, 5.41) is 4.03. The van der Waals surface area contributed by atoms with Gasteiger partial charge in [0.1, 0.15) is 19.3 Å². The quantitative estimate of drug-likeness (QED) is 0.496. The summed E-state index contributed by atoms with van der Waals surface area (Å²) in [6, 6.07) is 10.6. The lowest BCUT2D eigenvalue weighted by molar-refractivity contribution is -0.141. The van der Waals surface area contributed by atoms with Crippen molar-refractivity contribution in [1.29, 1.82) is 0 Å². The number of benzene rings is 2. The van der Waals surface area contributed by atoms with Crippen LogP contribution in [-0.2, 0) is 22.6 Å². The van der Waals surface area contributed by atoms with E-state index in [1.54, 1.807) is 24.0 Å². The predicted octanol–water partition coefficient (Wildman–Crippen LogP) is 5.56. The third kappa shape index (κ3) is 6.83. The van der Waals surface area contributed by atoms with E-state index in [9.17, 15) is 9.59 Å². The molecule has 8 heteroatoms. The second-order valence-electron chi connectivity index (χ2n) is 9.27. The predicted molar refractivity (Wildman–Crippen MR) is 137 cm³/mol. The smallest absolute Gasteiger partial charge is 0.242 e. The number of carbonyl (C=O) groups excluding carboxylic acids is 2. The Kier molecular flexibility index (Phi) is 8.79. The zero-order valence-electron chi connectivity index (χ0n) is 20.0. The Morgan fingerprint density at radius 2 is 1.69 bits per heavy atom. The molecule has 188 valence electrons. The third-order valence-corrected chi connectivity index (χ3v) is 7.43. The van der Waals surface area contributed by atoms with E-state index in [1.165, 1.54) is 6.42 Å². The van der Waals surface area contributed by atoms with Crippen LogP contribution < -0.4 is 14.8 Å². The van der Waals surface area contributed by atoms with E-state index in [1.807, 2.05) is 24.3 Å². The Balaban J connectivity index is 1.46. The summed E-state index contributed by atoms with van der Waals surface area (Å²) in [6.45, 7) is 3.11. The first kappa shape index (κ1) is 25.6. The topological polar surface area (TPSA) is 67.9 Å². The highest BCUT2D eigenvalue weighted by Gasteiger charge is 2.28. The minimum absolute atomic E-state index is 0.0998. The summed E-state index contributed by atoms with van der Waals surface area (Å²) in [5.41, 5.74) is 1.81. The van der Waals surface area contributed by atoms with E-state index in [0.717, 1.165) is 42.6 Å². The van der Waals surface area contributed by atoms with Gasteiger partial charge in [-0.05, 0) is 61.6 Å². The second-order valence-corrected chi connectivity index (χ2v) is 10.1. The molecule has 2 aliphatic rings. The highest BCUT2D eigenvalue weighted by atomic mass is 35.5. The fourth-order valence-electron chi connectivity index (χ4n) is 4.62. The van der Waals surface area contributed by atoms with Crippen molar-refractivity contribution in [3.8, 4) is 11.5 Å². The molecule has 2 amide bonds. The van der Waals surface area contributed by atoms with Gasteiger partial charge < -0.3 is 19.7 Å². The number of halogens is 2. The Hall–Kier alpha value is -2.44. The van der Waals surface area contributed by atoms with Gasteiger partial charge in [-0.25, -0.2) is 0 Å². The van der Waals surface area contributed by atoms with Gasteiger partial charge in [-0.1, -0.05) is 54.6 Å². The molecule has 2 aromatic rings. The minimum Gasteiger partial charge on any atom is -0.486 e. The van der Waals surface area contributed by atoms with Crippen LogP contribution in [0.25, 0.3) is 0 Å². The van der Waals surface area contributed by atoms with Gasteiger partial charge in [-0.3, -0.25) is 9.59 Å². The van der Waals surface area contributed by atoms with Gasteiger partial charge in [0.2, 0.25) is 11.8 Å². The van der Waals surface area contributed by atoms with E-state index < -0.39 is 6.04 Å². The summed E-state index contributed by atoms with van der Waals surface area (Å²) in [6.07, 6.45) is 6.24. The molecular weight excluding hydrogens is 487 g/mol. The molecule has 1 N–H and O–H groups in total. The number of amides is 2. The van der Waals surface area contributed by atoms with Crippen LogP contribution in [0.5, 0.6) is 11.5 Å². The maximum atomic E-state index is 13.4. The zero-order valence-corrected chi connectivity index (χ0v) is 21.5. The number of nitrogens with zero attached hydrogens (tertiary/aromatic N) is 1. The number of fused-ring (bicyclic) bond motifs is 1. The van der Waals surface area contributed by atoms with Gasteiger partial charge in [-0.15, -0.1) is 0 Å². The number of rotatable bonds is 8. The first-order chi connectivity index (χ1) is 16.9. The van der Waals surface area contributed by atoms with Crippen LogP contribution in [0.2, 0.25) is 10.0 Å². The van der Waals surface area contributed by atoms with Gasteiger partial charge >= 0.3 is 0 Å². The average molecular weight is 519 g/mol. The molecular formula is C27H32Cl2N2O4. The number of hydrogen-bond acceptors (Lipinski definition) is 4. The van der Waals surface area contributed by atoms with E-state index in [2.05, 4.69) is 5.32 Å². The summed E-state index contributed by atoms with van der Waals surface area (Å²) < 4.78 is 11.2. The van der Waals surface area contributed by atoms with Crippen molar-refractivity contribution in [2.75, 3.05) is 13.2 Å². The molecule has 4 rings (SSSR count). The van der Waals surface area contributed by atoms with Gasteiger partial charge in [0.05, 0.1) is 10.0 Å². The molecule has 0 aromatic heterocycles. The first-order valence-electron chi connectivity index (χ1n) is 12.3. The lowest BCUT2D eigenvalue weighted by atomic mass is 9.95. The fourth-order valence-corrected chi connectivity index (χ4v) is 4.94. The zero-order chi connectivity index (χ0) is 24.8. The lowest BCUT2D eigenvalue weighted by Crippen LogP contribution is -2.50. The van der Waals surface area contributed by atoms with Crippen LogP contribution in [0, 0.1) is 0 Å². The summed E-state index contributed by atoms with van der Waals surface area (Å²) in [4.78, 5) is 28.2. The van der Waals surface area contributed by atoms with Crippen molar-refractivity contribution in [2.24, 2.45) is 0 Å². The minimum atomic E-state index is -0.612. The van der Waals surface area contributed by atoms with Crippen LogP contribution in [0.3, 0.4) is 0 Å². The van der Waals surface area contributed by atoms with E-state index in [4.69, 9.17) is 32.7 Å². The monoisotopic (exact) mass is 518 g/mol. The van der Waals surface area contributed by atoms with Crippen molar-refractivity contribution in [1.82, 2.24) is 10.2 Å². The number of nitrogens with one attached hydrogen (secondary N) is 1. The number of aryl methyl sites for hydroxylation is 1. The molecule has 0 unspecified atom stereocenters. The molecule has 35 heavy (non-hydrogen) atoms. The largest absolute Gasteiger partial charge is 0.486 e. The summed E-state index contributed by atoms with van der Waals surface area (Å²) in [5.74, 6) is 1.21. The normalized spacial score (nSPS) is 16.4. The Morgan fingerprint density at radius 1 is 0.971 bits per heavy atom. The molecule has 1 heterocycles. The molecule has 1 fully saturated rings. The standard InChI is InChI=1S/C27H32Cl2N2O4/c1-18(27(33)30-21-5-3-2-4-6-21)31(17-20-7-10-22(28)23(29)15-20)26(32)12-9-19-8-11-24-25(16-19)35-14-13-34-24/h7-8,10-11,15-16,18,21H,2-6,9,12-14,17H2,1H3,(H,30,33)/t18-/m1/s1. The molecule has 0 bridgehead atoms. The molecule has 1 aliphatic carbocycles. The molecule has 6 nitrogen and oxygen atoms in total. The van der Waals surface area contributed by atoms with Crippen LogP contribution >= 0.6 is 23.2 Å². The highest BCUT2D eigenvalue weighted by Crippen LogP contribution is 2.31. The molecule has 0 radical (unpaired) electrons. The van der Waals surface area contributed by atoms with Gasteiger partial charge in [0.15, 0.2) is 11.5 Å². The van der Waals surface area contributed by atoms with Crippen molar-refractivity contribution in [3.63, 3.8) is 0 Å². The van der Waals surface area contributed by atoms with E-state index >= 15 is 0 Å². The van der Waals surface area contributed by atoms with E-state index in [-0.39, 0.29) is 30.8 Å². The maximum absolute atomic E-state index is 13.4. The second kappa shape index (κ2) is 12.0. The molecule has 1 aliphatic heterocycles. The molecule has 0 saturated heterocycles. The number of hydrogen-bond donors (Lipinski definition) is 1. The number of ether oxygens (including phenoxy) is 2. The summed E-state index contributed by atoms with van der Waals surface area (Å²) >= 11 is 12.3. The molecule has 1 saturated carbocycles. The first-order valence-corrected chi connectivity index (χ1v) is 13.1. The maximum Gasteiger partial charge on any atom is 0.242 e. The molecule has 2 aromatic carbocycles. The van der Waals surface area contributed by atoms with Crippen LogP contribution in [-0.4, -0.2) is 42.0 Å². The number of carbonyl (C=O) groups is 2. The Morgan fingerprint density at radius 3 is 2.43 bits per heavy atom. The SMILES string of the molecule is C[C@H](C(=O)NC1CCCCC1)N(Cc1ccc(Cl)c(Cl)c1)C(=O)CCc1ccc2c(c1)OCCO2. The van der Waals surface area contributed by atoms with Crippen molar-refractivity contribution in [3.05, 3.63) is 57.6 Å². The van der Waals surface area contributed by atoms with Crippen LogP contribution in [0.4, 0.5) is 0 Å². The van der Waals surface area contributed by atoms with Crippen LogP contribution in [0.15, 0.2) is 36.4 Å². The van der Waals surface area contributed by atoms with Crippen molar-refractivity contribution in [2.45, 2.75) is 70.5 Å². The Bertz CT molecular complexity index is 1060. The van der Waals surface area contributed by atoms with Crippen molar-refractivity contribution >= 4 is 35.0 Å². The molecule has 1 atom stereocenters. The summed E-state index contributed by atoms with van der Waals surface area (Å²) in [7, 11) is 0. The van der Waals surface area contributed by atoms with E-state index in [0.29, 0.717) is 35.4 Å². The van der Waals surface area contributed by atoms with Gasteiger partial charge in [0, 0.05) is 19.0 Å². The average Bonchev–Trinajstić information content (AvgIpc) is 2.88.